The minimum Gasteiger partial charge on any atom is -0.337 e. The Morgan fingerprint density at radius 2 is 2.19 bits per heavy atom. The summed E-state index contributed by atoms with van der Waals surface area (Å²) < 4.78 is 0. The molecule has 0 bridgehead atoms. The third kappa shape index (κ3) is 2.24. The number of likely N-dealkylation sites (tertiary alicyclic amines) is 1. The maximum absolute atomic E-state index is 12.5. The summed E-state index contributed by atoms with van der Waals surface area (Å²) in [6, 6.07) is 0.962. The summed E-state index contributed by atoms with van der Waals surface area (Å²) in [6.07, 6.45) is 5.71. The Kier molecular flexibility index (Phi) is 3.85. The zero-order valence-electron chi connectivity index (χ0n) is 10.5. The number of carbonyl (C=O) groups excluding carboxylic acids is 1. The average Bonchev–Trinajstić information content (AvgIpc) is 2.70. The van der Waals surface area contributed by atoms with Crippen molar-refractivity contribution < 1.29 is 4.79 Å². The first-order valence-corrected chi connectivity index (χ1v) is 6.77. The summed E-state index contributed by atoms with van der Waals surface area (Å²) >= 11 is 0. The smallest absolute Gasteiger partial charge is 0.227 e. The second-order valence-electron chi connectivity index (χ2n) is 5.28. The van der Waals surface area contributed by atoms with E-state index in [0.717, 1.165) is 32.4 Å². The molecule has 1 N–H and O–H groups in total. The summed E-state index contributed by atoms with van der Waals surface area (Å²) in [4.78, 5) is 14.6. The number of hydrogen-bond acceptors (Lipinski definition) is 2. The fourth-order valence-electron chi connectivity index (χ4n) is 3.14. The van der Waals surface area contributed by atoms with Crippen LogP contribution in [0.4, 0.5) is 0 Å². The predicted octanol–water partition coefficient (Wildman–Crippen LogP) is 1.78. The summed E-state index contributed by atoms with van der Waals surface area (Å²) in [5, 5.41) is 3.34. The molecule has 16 heavy (non-hydrogen) atoms. The Morgan fingerprint density at radius 1 is 1.38 bits per heavy atom. The highest BCUT2D eigenvalue weighted by molar-refractivity contribution is 5.80. The number of rotatable bonds is 2. The SMILES string of the molecule is CCC1CCC(C)N1C(=O)C1CCCNC1. The van der Waals surface area contributed by atoms with Gasteiger partial charge in [0.15, 0.2) is 0 Å². The molecule has 2 fully saturated rings. The Hall–Kier alpha value is -0.570. The summed E-state index contributed by atoms with van der Waals surface area (Å²) in [6.45, 7) is 6.36. The van der Waals surface area contributed by atoms with Gasteiger partial charge in [0.25, 0.3) is 0 Å². The molecule has 0 aromatic rings. The van der Waals surface area contributed by atoms with Crippen molar-refractivity contribution in [3.05, 3.63) is 0 Å². The van der Waals surface area contributed by atoms with E-state index in [1.165, 1.54) is 12.8 Å². The van der Waals surface area contributed by atoms with Crippen LogP contribution in [0.15, 0.2) is 0 Å². The fourth-order valence-corrected chi connectivity index (χ4v) is 3.14. The van der Waals surface area contributed by atoms with Crippen LogP contribution in [0.25, 0.3) is 0 Å². The Balaban J connectivity index is 2.01. The number of piperidine rings is 1. The maximum Gasteiger partial charge on any atom is 0.227 e. The van der Waals surface area contributed by atoms with Gasteiger partial charge in [0.1, 0.15) is 0 Å². The fraction of sp³-hybridized carbons (Fsp3) is 0.923. The van der Waals surface area contributed by atoms with Crippen molar-refractivity contribution in [2.75, 3.05) is 13.1 Å². The number of nitrogens with zero attached hydrogens (tertiary/aromatic N) is 1. The van der Waals surface area contributed by atoms with E-state index in [1.54, 1.807) is 0 Å². The molecule has 0 aromatic heterocycles. The van der Waals surface area contributed by atoms with Crippen LogP contribution < -0.4 is 5.32 Å². The van der Waals surface area contributed by atoms with Crippen molar-refractivity contribution in [1.29, 1.82) is 0 Å². The molecule has 2 saturated heterocycles. The summed E-state index contributed by atoms with van der Waals surface area (Å²) in [7, 11) is 0. The van der Waals surface area contributed by atoms with Gasteiger partial charge in [-0.1, -0.05) is 6.92 Å². The Labute approximate surface area is 98.6 Å². The van der Waals surface area contributed by atoms with Gasteiger partial charge in [-0.3, -0.25) is 4.79 Å². The lowest BCUT2D eigenvalue weighted by Crippen LogP contribution is -2.47. The number of amides is 1. The first-order chi connectivity index (χ1) is 7.74. The molecule has 0 spiro atoms. The van der Waals surface area contributed by atoms with Gasteiger partial charge in [-0.05, 0) is 45.6 Å². The maximum atomic E-state index is 12.5. The summed E-state index contributed by atoms with van der Waals surface area (Å²) in [5.41, 5.74) is 0. The van der Waals surface area contributed by atoms with Crippen LogP contribution in [-0.4, -0.2) is 36.0 Å². The largest absolute Gasteiger partial charge is 0.337 e. The molecule has 0 aliphatic carbocycles. The minimum absolute atomic E-state index is 0.239. The molecular formula is C13H24N2O. The zero-order chi connectivity index (χ0) is 11.5. The number of hydrogen-bond donors (Lipinski definition) is 1. The molecule has 2 heterocycles. The molecule has 3 unspecified atom stereocenters. The number of carbonyl (C=O) groups is 1. The quantitative estimate of drug-likeness (QED) is 0.775. The standard InChI is InChI=1S/C13H24N2O/c1-3-12-7-6-10(2)15(12)13(16)11-5-4-8-14-9-11/h10-12,14H,3-9H2,1-2H3. The van der Waals surface area contributed by atoms with Crippen LogP contribution >= 0.6 is 0 Å². The van der Waals surface area contributed by atoms with Crippen LogP contribution in [0.1, 0.15) is 46.0 Å². The topological polar surface area (TPSA) is 32.3 Å². The van der Waals surface area contributed by atoms with E-state index < -0.39 is 0 Å². The van der Waals surface area contributed by atoms with E-state index >= 15 is 0 Å². The van der Waals surface area contributed by atoms with Gasteiger partial charge in [-0.2, -0.15) is 0 Å². The molecule has 92 valence electrons. The molecule has 1 amide bonds. The normalized spacial score (nSPS) is 35.4. The first kappa shape index (κ1) is 11.9. The third-order valence-corrected chi connectivity index (χ3v) is 4.16. The van der Waals surface area contributed by atoms with Gasteiger partial charge in [0.2, 0.25) is 5.91 Å². The van der Waals surface area contributed by atoms with Gasteiger partial charge in [-0.25, -0.2) is 0 Å². The van der Waals surface area contributed by atoms with E-state index in [0.29, 0.717) is 18.0 Å². The van der Waals surface area contributed by atoms with Gasteiger partial charge in [0.05, 0.1) is 5.92 Å². The monoisotopic (exact) mass is 224 g/mol. The molecule has 0 saturated carbocycles. The number of nitrogens with one attached hydrogen (secondary N) is 1. The molecular weight excluding hydrogens is 200 g/mol. The van der Waals surface area contributed by atoms with E-state index in [4.69, 9.17) is 0 Å². The van der Waals surface area contributed by atoms with Gasteiger partial charge in [0, 0.05) is 18.6 Å². The highest BCUT2D eigenvalue weighted by atomic mass is 16.2. The van der Waals surface area contributed by atoms with Crippen molar-refractivity contribution in [3.63, 3.8) is 0 Å². The first-order valence-electron chi connectivity index (χ1n) is 6.77. The van der Waals surface area contributed by atoms with E-state index in [1.807, 2.05) is 0 Å². The second-order valence-corrected chi connectivity index (χ2v) is 5.28. The van der Waals surface area contributed by atoms with E-state index in [9.17, 15) is 4.79 Å². The molecule has 2 rings (SSSR count). The van der Waals surface area contributed by atoms with E-state index in [2.05, 4.69) is 24.1 Å². The van der Waals surface area contributed by atoms with Crippen LogP contribution in [0.3, 0.4) is 0 Å². The highest BCUT2D eigenvalue weighted by Gasteiger charge is 2.36. The van der Waals surface area contributed by atoms with Gasteiger partial charge >= 0.3 is 0 Å². The predicted molar refractivity (Wildman–Crippen MR) is 65.2 cm³/mol. The van der Waals surface area contributed by atoms with Crippen molar-refractivity contribution in [3.8, 4) is 0 Å². The third-order valence-electron chi connectivity index (χ3n) is 4.16. The molecule has 0 radical (unpaired) electrons. The second kappa shape index (κ2) is 5.17. The lowest BCUT2D eigenvalue weighted by atomic mass is 9.97. The summed E-state index contributed by atoms with van der Waals surface area (Å²) in [5.74, 6) is 0.646. The van der Waals surface area contributed by atoms with Crippen LogP contribution in [0.5, 0.6) is 0 Å². The van der Waals surface area contributed by atoms with Crippen LogP contribution in [0, 0.1) is 5.92 Å². The molecule has 3 heteroatoms. The van der Waals surface area contributed by atoms with Crippen LogP contribution in [-0.2, 0) is 4.79 Å². The Morgan fingerprint density at radius 3 is 2.81 bits per heavy atom. The zero-order valence-corrected chi connectivity index (χ0v) is 10.5. The van der Waals surface area contributed by atoms with Gasteiger partial charge < -0.3 is 10.2 Å². The van der Waals surface area contributed by atoms with Crippen molar-refractivity contribution in [1.82, 2.24) is 10.2 Å². The molecule has 3 nitrogen and oxygen atoms in total. The lowest BCUT2D eigenvalue weighted by Gasteiger charge is -2.33. The van der Waals surface area contributed by atoms with Crippen molar-refractivity contribution in [2.45, 2.75) is 58.0 Å². The lowest BCUT2D eigenvalue weighted by molar-refractivity contribution is -0.138. The highest BCUT2D eigenvalue weighted by Crippen LogP contribution is 2.28. The van der Waals surface area contributed by atoms with Crippen molar-refractivity contribution >= 4 is 5.91 Å². The van der Waals surface area contributed by atoms with Crippen LogP contribution in [0.2, 0.25) is 0 Å². The van der Waals surface area contributed by atoms with Gasteiger partial charge in [-0.15, -0.1) is 0 Å². The molecule has 2 aliphatic rings. The molecule has 2 aliphatic heterocycles. The molecule has 0 aromatic carbocycles. The average molecular weight is 224 g/mol. The van der Waals surface area contributed by atoms with Crippen molar-refractivity contribution in [2.24, 2.45) is 5.92 Å². The Bertz CT molecular complexity index is 248. The molecule has 3 atom stereocenters. The van der Waals surface area contributed by atoms with E-state index in [-0.39, 0.29) is 5.92 Å². The minimum atomic E-state index is 0.239.